The smallest absolute Gasteiger partial charge is 0.226 e. The Labute approximate surface area is 139 Å². The van der Waals surface area contributed by atoms with Crippen LogP contribution >= 0.6 is 15.9 Å². The average molecular weight is 411 g/mol. The molecule has 0 aliphatic rings. The number of hydrogen-bond donors (Lipinski definition) is 0. The van der Waals surface area contributed by atoms with E-state index in [0.29, 0.717) is 12.1 Å². The quantitative estimate of drug-likeness (QED) is 0.532. The highest BCUT2D eigenvalue weighted by Crippen LogP contribution is 2.38. The lowest BCUT2D eigenvalue weighted by Crippen LogP contribution is -2.11. The van der Waals surface area contributed by atoms with E-state index in [2.05, 4.69) is 26.0 Å². The van der Waals surface area contributed by atoms with Gasteiger partial charge in [0.2, 0.25) is 0 Å². The summed E-state index contributed by atoms with van der Waals surface area (Å²) in [6.07, 6.45) is -7.72. The minimum Gasteiger partial charge on any atom is -0.226 e. The van der Waals surface area contributed by atoms with Crippen LogP contribution in [-0.4, -0.2) is 14.8 Å². The Kier molecular flexibility index (Phi) is 4.70. The molecule has 0 aliphatic heterocycles. The molecule has 0 spiro atoms. The summed E-state index contributed by atoms with van der Waals surface area (Å²) >= 11 is 2.87. The fourth-order valence-electron chi connectivity index (χ4n) is 1.70. The second-order valence-corrected chi connectivity index (χ2v) is 5.29. The largest absolute Gasteiger partial charge is 0.416 e. The summed E-state index contributed by atoms with van der Waals surface area (Å²) in [5.41, 5.74) is -3.37. The number of hydrogen-bond acceptors (Lipinski definition) is 3. The molecule has 0 saturated carbocycles. The molecule has 126 valence electrons. The van der Waals surface area contributed by atoms with Gasteiger partial charge in [-0.2, -0.15) is 31.6 Å². The van der Waals surface area contributed by atoms with E-state index < -0.39 is 29.0 Å². The van der Waals surface area contributed by atoms with Gasteiger partial charge >= 0.3 is 12.4 Å². The maximum Gasteiger partial charge on any atom is 0.416 e. The van der Waals surface area contributed by atoms with E-state index in [1.165, 1.54) is 0 Å². The Morgan fingerprint density at radius 1 is 1.08 bits per heavy atom. The van der Waals surface area contributed by atoms with Crippen LogP contribution < -0.4 is 0 Å². The van der Waals surface area contributed by atoms with E-state index in [4.69, 9.17) is 5.26 Å². The first-order chi connectivity index (χ1) is 11.0. The van der Waals surface area contributed by atoms with Crippen molar-refractivity contribution < 1.29 is 26.3 Å². The van der Waals surface area contributed by atoms with Gasteiger partial charge in [-0.15, -0.1) is 5.10 Å². The van der Waals surface area contributed by atoms with Crippen LogP contribution in [0.15, 0.2) is 29.0 Å². The lowest BCUT2D eigenvalue weighted by atomic mass is 10.0. The fraction of sp³-hybridized carbons (Fsp3) is 0.154. The molecule has 0 saturated heterocycles. The van der Waals surface area contributed by atoms with Crippen molar-refractivity contribution in [2.45, 2.75) is 12.4 Å². The van der Waals surface area contributed by atoms with E-state index in [1.54, 1.807) is 6.07 Å². The standard InChI is InChI=1S/C13H5BrF6N4/c14-10(4-21)5-24-6-22-11(23-24)7-1-8(12(15,16)17)3-9(2-7)13(18,19)20/h1-3,5-6H/b10-5+. The lowest BCUT2D eigenvalue weighted by molar-refractivity contribution is -0.143. The first-order valence-corrected chi connectivity index (χ1v) is 6.78. The third kappa shape index (κ3) is 4.14. The first kappa shape index (κ1) is 18.0. The molecule has 0 aliphatic carbocycles. The van der Waals surface area contributed by atoms with E-state index in [-0.39, 0.29) is 16.4 Å². The minimum absolute atomic E-state index is 0.0205. The molecule has 0 fully saturated rings. The molecule has 1 aromatic heterocycles. The molecular weight excluding hydrogens is 406 g/mol. The number of halogens is 7. The molecule has 0 amide bonds. The summed E-state index contributed by atoms with van der Waals surface area (Å²) < 4.78 is 77.9. The Hall–Kier alpha value is -2.35. The maximum atomic E-state index is 12.8. The molecule has 0 atom stereocenters. The van der Waals surface area contributed by atoms with Crippen molar-refractivity contribution >= 4 is 22.1 Å². The van der Waals surface area contributed by atoms with Crippen molar-refractivity contribution in [1.29, 1.82) is 5.26 Å². The molecule has 2 aromatic rings. The van der Waals surface area contributed by atoms with Gasteiger partial charge in [0.25, 0.3) is 0 Å². The zero-order chi connectivity index (χ0) is 18.1. The molecular formula is C13H5BrF6N4. The molecule has 0 unspecified atom stereocenters. The average Bonchev–Trinajstić information content (AvgIpc) is 2.93. The van der Waals surface area contributed by atoms with Crippen molar-refractivity contribution in [1.82, 2.24) is 14.8 Å². The van der Waals surface area contributed by atoms with Gasteiger partial charge in [-0.05, 0) is 34.1 Å². The number of nitrogens with zero attached hydrogens (tertiary/aromatic N) is 4. The highest BCUT2D eigenvalue weighted by molar-refractivity contribution is 9.12. The summed E-state index contributed by atoms with van der Waals surface area (Å²) in [6, 6.07) is 2.78. The Morgan fingerprint density at radius 3 is 2.08 bits per heavy atom. The molecule has 4 nitrogen and oxygen atoms in total. The lowest BCUT2D eigenvalue weighted by Gasteiger charge is -2.13. The predicted octanol–water partition coefficient (Wildman–Crippen LogP) is 4.70. The molecule has 11 heteroatoms. The number of nitriles is 1. The highest BCUT2D eigenvalue weighted by atomic mass is 79.9. The fourth-order valence-corrected chi connectivity index (χ4v) is 1.91. The van der Waals surface area contributed by atoms with Crippen molar-refractivity contribution in [2.24, 2.45) is 0 Å². The van der Waals surface area contributed by atoms with Gasteiger partial charge < -0.3 is 0 Å². The van der Waals surface area contributed by atoms with Gasteiger partial charge in [-0.1, -0.05) is 0 Å². The van der Waals surface area contributed by atoms with Crippen molar-refractivity contribution in [3.8, 4) is 17.5 Å². The third-order valence-electron chi connectivity index (χ3n) is 2.71. The van der Waals surface area contributed by atoms with Crippen LogP contribution in [0.1, 0.15) is 11.1 Å². The SMILES string of the molecule is N#C/C(Br)=C\n1cnc(-c2cc(C(F)(F)F)cc(C(F)(F)F)c2)n1. The number of allylic oxidation sites excluding steroid dienone is 1. The topological polar surface area (TPSA) is 54.5 Å². The molecule has 0 radical (unpaired) electrons. The van der Waals surface area contributed by atoms with Gasteiger partial charge in [0.1, 0.15) is 16.9 Å². The van der Waals surface area contributed by atoms with Crippen LogP contribution in [0.5, 0.6) is 0 Å². The van der Waals surface area contributed by atoms with E-state index >= 15 is 0 Å². The molecule has 2 rings (SSSR count). The van der Waals surface area contributed by atoms with Gasteiger partial charge in [0, 0.05) is 5.56 Å². The molecule has 1 aromatic carbocycles. The van der Waals surface area contributed by atoms with Crippen LogP contribution in [0.2, 0.25) is 0 Å². The van der Waals surface area contributed by atoms with E-state index in [1.807, 2.05) is 0 Å². The van der Waals surface area contributed by atoms with Crippen LogP contribution in [-0.2, 0) is 12.4 Å². The number of alkyl halides is 6. The predicted molar refractivity (Wildman–Crippen MR) is 74.3 cm³/mol. The summed E-state index contributed by atoms with van der Waals surface area (Å²) in [7, 11) is 0. The van der Waals surface area contributed by atoms with Crippen molar-refractivity contribution in [3.05, 3.63) is 40.1 Å². The molecule has 24 heavy (non-hydrogen) atoms. The van der Waals surface area contributed by atoms with Crippen LogP contribution in [0.4, 0.5) is 26.3 Å². The molecule has 0 bridgehead atoms. The number of aromatic nitrogens is 3. The van der Waals surface area contributed by atoms with Crippen LogP contribution in [0, 0.1) is 11.3 Å². The van der Waals surface area contributed by atoms with Gasteiger partial charge in [-0.25, -0.2) is 9.67 Å². The monoisotopic (exact) mass is 410 g/mol. The summed E-state index contributed by atoms with van der Waals surface area (Å²) in [5.74, 6) is -0.346. The second kappa shape index (κ2) is 6.27. The molecule has 1 heterocycles. The Morgan fingerprint density at radius 2 is 1.62 bits per heavy atom. The zero-order valence-electron chi connectivity index (χ0n) is 11.3. The van der Waals surface area contributed by atoms with Crippen molar-refractivity contribution in [2.75, 3.05) is 0 Å². The van der Waals surface area contributed by atoms with Crippen LogP contribution in [0.3, 0.4) is 0 Å². The Bertz CT molecular complexity index is 796. The highest BCUT2D eigenvalue weighted by Gasteiger charge is 2.37. The summed E-state index contributed by atoms with van der Waals surface area (Å²) in [4.78, 5) is 3.66. The van der Waals surface area contributed by atoms with E-state index in [0.717, 1.165) is 17.2 Å². The minimum atomic E-state index is -4.96. The van der Waals surface area contributed by atoms with E-state index in [9.17, 15) is 26.3 Å². The Balaban J connectivity index is 2.56. The maximum absolute atomic E-state index is 12.8. The van der Waals surface area contributed by atoms with Gasteiger partial charge in [-0.3, -0.25) is 0 Å². The first-order valence-electron chi connectivity index (χ1n) is 5.99. The second-order valence-electron chi connectivity index (χ2n) is 4.43. The summed E-state index contributed by atoms with van der Waals surface area (Å²) in [6.45, 7) is 0. The molecule has 0 N–H and O–H groups in total. The normalized spacial score (nSPS) is 13.0. The van der Waals surface area contributed by atoms with Crippen molar-refractivity contribution in [3.63, 3.8) is 0 Å². The number of rotatable bonds is 2. The third-order valence-corrected chi connectivity index (χ3v) is 3.09. The zero-order valence-corrected chi connectivity index (χ0v) is 12.9. The number of benzene rings is 1. The van der Waals surface area contributed by atoms with Gasteiger partial charge in [0.05, 0.1) is 17.3 Å². The van der Waals surface area contributed by atoms with Crippen LogP contribution in [0.25, 0.3) is 17.6 Å². The van der Waals surface area contributed by atoms with Gasteiger partial charge in [0.15, 0.2) is 5.82 Å². The summed E-state index contributed by atoms with van der Waals surface area (Å²) in [5, 5.41) is 12.3.